The molecule has 7 aliphatic heterocycles. The predicted octanol–water partition coefficient (Wildman–Crippen LogP) is -5.78. The number of nitrogens with one attached hydrogen (secondary N) is 5. The molecule has 131 heavy (non-hydrogen) atoms. The van der Waals surface area contributed by atoms with Crippen molar-refractivity contribution in [2.45, 2.75) is 226 Å². The summed E-state index contributed by atoms with van der Waals surface area (Å²) in [5.74, 6) is 11.1. The first kappa shape index (κ1) is 110. The van der Waals surface area contributed by atoms with Gasteiger partial charge >= 0.3 is 7.12 Å². The van der Waals surface area contributed by atoms with Crippen LogP contribution in [0.15, 0.2) is 30.0 Å². The molecule has 48 nitrogen and oxygen atoms in total. The third kappa shape index (κ3) is 37.1. The van der Waals surface area contributed by atoms with Crippen molar-refractivity contribution in [2.75, 3.05) is 231 Å². The van der Waals surface area contributed by atoms with Gasteiger partial charge in [-0.3, -0.25) is 24.0 Å². The van der Waals surface area contributed by atoms with E-state index in [1.165, 1.54) is 43.2 Å². The highest BCUT2D eigenvalue weighted by Crippen LogP contribution is 2.41. The molecule has 5 amide bonds. The Balaban J connectivity index is 0.769. The third-order valence-electron chi connectivity index (χ3n) is 22.7. The summed E-state index contributed by atoms with van der Waals surface area (Å²) < 4.78 is 135. The highest BCUT2D eigenvalue weighted by molar-refractivity contribution is 6.45. The van der Waals surface area contributed by atoms with E-state index in [2.05, 4.69) is 36.9 Å². The Hall–Kier alpha value is -6.01. The largest absolute Gasteiger partial charge is 0.457 e. The maximum absolute atomic E-state index is 14.2. The number of aromatic nitrogens is 3. The Bertz CT molecular complexity index is 3420. The van der Waals surface area contributed by atoms with Crippen LogP contribution in [0, 0.1) is 0 Å². The van der Waals surface area contributed by atoms with Gasteiger partial charge in [-0.15, -0.1) is 5.10 Å². The molecule has 8 heterocycles. The lowest BCUT2D eigenvalue weighted by atomic mass is 9.82. The van der Waals surface area contributed by atoms with Crippen molar-refractivity contribution in [2.24, 2.45) is 23.2 Å². The standard InChI is InChI=1S/C82H147BN14O34/c1-57(98)89-65-68(103)71(106)80(54-124-74(65)127-80)51-118-39-36-115-33-30-112-27-24-109-21-18-95(86)42-60(84)45-121-48-79(92-64(102)15-11-9-13-17-88-63(101)14-10-8-12-16-83-130-77(4,5)78(6,7)131-83,49-122-46-61(85)43-96(87)19-22-110-25-28-113-31-34-116-37-40-119-52-81-55-125-75(128-81)66(90-58(2)99)69(104)72(81)107)50-123-47-62-44-97(94-93-62)20-23-111-26-29-114-32-35-117-38-41-120-53-82-56-126-76(129-82)67(91-59(3)100)70(105)73(82)108/h42-44,65-76,103-108H,8-41,45-56,84-87H2,1-7H3,(H,88,101)(H,89,98)(H,90,99)(H,91,100)(H,92,102)/b60-42-,61-43-/t65-,66-,67-,68-,69-,70-,71-,72-,73-,74+,75+,76+,80+,81+,82+/m1/s1. The molecule has 7 fully saturated rings. The number of aliphatic hydroxyl groups excluding tert-OH is 6. The monoisotopic (exact) mass is 1880 g/mol. The number of aliphatic hydroxyl groups is 6. The number of nitrogens with two attached hydrogens (primary N) is 4. The van der Waals surface area contributed by atoms with Gasteiger partial charge in [-0.1, -0.05) is 24.5 Å². The van der Waals surface area contributed by atoms with E-state index < -0.39 is 125 Å². The van der Waals surface area contributed by atoms with Crippen LogP contribution in [-0.4, -0.2) is 431 Å². The first-order valence-electron chi connectivity index (χ1n) is 45.0. The van der Waals surface area contributed by atoms with Crippen LogP contribution < -0.4 is 49.7 Å². The van der Waals surface area contributed by atoms with Crippen molar-refractivity contribution in [1.82, 2.24) is 51.6 Å². The zero-order valence-corrected chi connectivity index (χ0v) is 76.9. The summed E-state index contributed by atoms with van der Waals surface area (Å²) in [6.45, 7) is 17.2. The number of hydrogen-bond acceptors (Lipinski definition) is 42. The molecule has 19 N–H and O–H groups in total. The van der Waals surface area contributed by atoms with Crippen molar-refractivity contribution in [3.63, 3.8) is 0 Å². The minimum Gasteiger partial charge on any atom is -0.403 e. The van der Waals surface area contributed by atoms with Crippen LogP contribution in [0.2, 0.25) is 6.32 Å². The quantitative estimate of drug-likeness (QED) is 0.0125. The van der Waals surface area contributed by atoms with Crippen LogP contribution in [0.3, 0.4) is 0 Å². The molecule has 0 aromatic carbocycles. The molecule has 8 rings (SSSR count). The molecule has 0 aliphatic carbocycles. The number of carbonyl (C=O) groups excluding carboxylic acids is 5. The molecule has 0 saturated carbocycles. The van der Waals surface area contributed by atoms with Gasteiger partial charge in [-0.2, -0.15) is 0 Å². The minimum absolute atomic E-state index is 0.0221. The van der Waals surface area contributed by atoms with Gasteiger partial charge in [0.15, 0.2) is 18.9 Å². The number of rotatable bonds is 72. The van der Waals surface area contributed by atoms with Crippen LogP contribution >= 0.6 is 0 Å². The third-order valence-corrected chi connectivity index (χ3v) is 22.7. The van der Waals surface area contributed by atoms with Crippen molar-refractivity contribution in [3.05, 3.63) is 35.7 Å². The molecule has 1 aromatic heterocycles. The summed E-state index contributed by atoms with van der Waals surface area (Å²) >= 11 is 0. The number of carbonyl (C=O) groups is 5. The number of hydrogen-bond donors (Lipinski definition) is 15. The summed E-state index contributed by atoms with van der Waals surface area (Å²) in [4.78, 5) is 61.9. The second-order valence-corrected chi connectivity index (χ2v) is 34.3. The van der Waals surface area contributed by atoms with Crippen LogP contribution in [0.4, 0.5) is 0 Å². The molecule has 752 valence electrons. The topological polar surface area (TPSA) is 620 Å². The van der Waals surface area contributed by atoms with Crippen LogP contribution in [0.5, 0.6) is 0 Å². The average molecular weight is 1880 g/mol. The fourth-order valence-corrected chi connectivity index (χ4v) is 15.0. The molecule has 7 saturated heterocycles. The van der Waals surface area contributed by atoms with Gasteiger partial charge in [0.2, 0.25) is 29.5 Å². The number of hydrazine groups is 2. The Labute approximate surface area is 765 Å². The summed E-state index contributed by atoms with van der Waals surface area (Å²) in [5, 5.41) is 89.4. The first-order valence-corrected chi connectivity index (χ1v) is 45.0. The van der Waals surface area contributed by atoms with Gasteiger partial charge in [0, 0.05) is 52.6 Å². The summed E-state index contributed by atoms with van der Waals surface area (Å²) in [6.07, 6.45) is -0.640. The molecule has 7 aliphatic rings. The molecule has 15 atom stereocenters. The fraction of sp³-hybridized carbons (Fsp3) is 0.866. The molecule has 0 unspecified atom stereocenters. The second kappa shape index (κ2) is 57.3. The van der Waals surface area contributed by atoms with Crippen molar-refractivity contribution >= 4 is 36.7 Å². The van der Waals surface area contributed by atoms with Gasteiger partial charge in [0.25, 0.3) is 0 Å². The molecule has 0 radical (unpaired) electrons. The Morgan fingerprint density at radius 3 is 1.22 bits per heavy atom. The number of ether oxygens (including phenoxy) is 21. The highest BCUT2D eigenvalue weighted by Gasteiger charge is 2.62. The van der Waals surface area contributed by atoms with Crippen molar-refractivity contribution in [1.29, 1.82) is 0 Å². The first-order chi connectivity index (χ1) is 62.8. The van der Waals surface area contributed by atoms with E-state index in [0.29, 0.717) is 44.5 Å². The van der Waals surface area contributed by atoms with E-state index >= 15 is 0 Å². The molecule has 49 heteroatoms. The number of nitrogens with zero attached hydrogens (tertiary/aromatic N) is 5. The lowest BCUT2D eigenvalue weighted by Crippen LogP contribution is -2.66. The van der Waals surface area contributed by atoms with Crippen molar-refractivity contribution < 1.29 is 163 Å². The molecule has 0 spiro atoms. The zero-order chi connectivity index (χ0) is 94.7. The average Bonchev–Trinajstić information content (AvgIpc) is 1.72. The Morgan fingerprint density at radius 1 is 0.481 bits per heavy atom. The Morgan fingerprint density at radius 2 is 0.832 bits per heavy atom. The lowest BCUT2D eigenvalue weighted by Gasteiger charge is -2.42. The number of amides is 5. The van der Waals surface area contributed by atoms with E-state index in [1.54, 1.807) is 10.9 Å². The van der Waals surface area contributed by atoms with E-state index in [9.17, 15) is 54.6 Å². The molecule has 1 aromatic rings. The van der Waals surface area contributed by atoms with Crippen LogP contribution in [-0.2, 0) is 146 Å². The molecular formula is C82H147BN14O34. The van der Waals surface area contributed by atoms with E-state index in [0.717, 1.165) is 25.6 Å². The molecule has 6 bridgehead atoms. The lowest BCUT2D eigenvalue weighted by molar-refractivity contribution is -0.238. The Kier molecular flexibility index (Phi) is 48.2. The van der Waals surface area contributed by atoms with Gasteiger partial charge in [-0.05, 0) is 53.3 Å². The molecular weight excluding hydrogens is 1740 g/mol. The van der Waals surface area contributed by atoms with E-state index in [4.69, 9.17) is 132 Å². The van der Waals surface area contributed by atoms with Gasteiger partial charge in [0.1, 0.15) is 82.8 Å². The van der Waals surface area contributed by atoms with E-state index in [1.807, 2.05) is 27.7 Å². The summed E-state index contributed by atoms with van der Waals surface area (Å²) in [6, 6.07) is -2.76. The van der Waals surface area contributed by atoms with Crippen LogP contribution in [0.1, 0.15) is 106 Å². The smallest absolute Gasteiger partial charge is 0.403 e. The zero-order valence-electron chi connectivity index (χ0n) is 76.9. The summed E-state index contributed by atoms with van der Waals surface area (Å²) in [7, 11) is -0.275. The minimum atomic E-state index is -1.39. The highest BCUT2D eigenvalue weighted by atomic mass is 16.8. The van der Waals surface area contributed by atoms with Gasteiger partial charge in [0.05, 0.1) is 266 Å². The fourth-order valence-electron chi connectivity index (χ4n) is 15.0. The normalized spacial score (nSPS) is 27.1. The predicted molar refractivity (Wildman–Crippen MR) is 459 cm³/mol. The van der Waals surface area contributed by atoms with Crippen molar-refractivity contribution in [3.8, 4) is 0 Å². The summed E-state index contributed by atoms with van der Waals surface area (Å²) in [5.41, 5.74) is 7.90. The maximum Gasteiger partial charge on any atom is 0.457 e. The van der Waals surface area contributed by atoms with Gasteiger partial charge in [-0.25, -0.2) is 16.4 Å². The SMILES string of the molecule is CC(=O)N[C@H]1[C@H]2OC[C@](COCCOCCOCCOCCN(N)/C=C(\N)COCC(COC/C(N)=C/N(N)CCOCCOCCOCCOC[C@@]34CO[C@@H](O3)[C@H](NC(C)=O)[C@@H](O)[C@H]4O)(COCc3cn(CCOCCOCCOCCOC[C@@]45CO[C@@H](O4)[C@H](NC(C)=O)[C@@H](O)[C@H]5O)nn3)NC(=O)CCCCCNC(=O)CCCCCB3OC(C)(C)C(C)(C)O3)(O2)[C@H](O)[C@@H]1O. The number of fused-ring (bicyclic) bond motifs is 6. The number of unbranched alkanes of at least 4 members (excludes halogenated alkanes) is 4. The van der Waals surface area contributed by atoms with E-state index in [-0.39, 0.29) is 268 Å². The van der Waals surface area contributed by atoms with Gasteiger partial charge < -0.3 is 187 Å². The maximum atomic E-state index is 14.2. The second-order valence-electron chi connectivity index (χ2n) is 34.3. The van der Waals surface area contributed by atoms with Crippen LogP contribution in [0.25, 0.3) is 0 Å².